The van der Waals surface area contributed by atoms with Gasteiger partial charge in [0, 0.05) is 16.8 Å². The summed E-state index contributed by atoms with van der Waals surface area (Å²) in [5, 5.41) is 29.4. The lowest BCUT2D eigenvalue weighted by Gasteiger charge is -2.08. The van der Waals surface area contributed by atoms with Gasteiger partial charge in [-0.1, -0.05) is 28.6 Å². The van der Waals surface area contributed by atoms with Gasteiger partial charge in [-0.05, 0) is 19.9 Å². The third-order valence-corrected chi connectivity index (χ3v) is 4.25. The Bertz CT molecular complexity index is 1270. The lowest BCUT2D eigenvalue weighted by molar-refractivity contribution is 0.288. The Balaban J connectivity index is 1.67. The molecule has 5 rings (SSSR count). The van der Waals surface area contributed by atoms with Gasteiger partial charge in [-0.15, -0.1) is 20.4 Å². The fraction of sp³-hybridized carbons (Fsp3) is 0.176. The van der Waals surface area contributed by atoms with Crippen LogP contribution in [0, 0.1) is 13.8 Å². The number of hydrogen-bond donors (Lipinski definition) is 1. The van der Waals surface area contributed by atoms with Crippen molar-refractivity contribution in [3.8, 4) is 17.4 Å². The van der Waals surface area contributed by atoms with Crippen molar-refractivity contribution >= 4 is 16.4 Å². The SMILES string of the molecule is Cc1cc(-c2nnc3c4ccccc4c(OCc4nn[nH]c4C)nn23)no1. The maximum Gasteiger partial charge on any atom is 0.240 e. The van der Waals surface area contributed by atoms with Gasteiger partial charge < -0.3 is 9.26 Å². The van der Waals surface area contributed by atoms with Gasteiger partial charge >= 0.3 is 0 Å². The highest BCUT2D eigenvalue weighted by atomic mass is 16.5. The average Bonchev–Trinajstić information content (AvgIpc) is 3.39. The van der Waals surface area contributed by atoms with E-state index in [0.29, 0.717) is 28.8 Å². The van der Waals surface area contributed by atoms with E-state index in [4.69, 9.17) is 9.26 Å². The third-order valence-electron chi connectivity index (χ3n) is 4.25. The number of H-pyrrole nitrogens is 1. The quantitative estimate of drug-likeness (QED) is 0.517. The van der Waals surface area contributed by atoms with Crippen LogP contribution in [0.25, 0.3) is 27.9 Å². The molecule has 1 aromatic carbocycles. The van der Waals surface area contributed by atoms with E-state index in [1.807, 2.05) is 38.1 Å². The van der Waals surface area contributed by atoms with E-state index < -0.39 is 0 Å². The fourth-order valence-electron chi connectivity index (χ4n) is 2.86. The molecule has 10 heteroatoms. The molecule has 0 fully saturated rings. The number of aromatic nitrogens is 8. The van der Waals surface area contributed by atoms with E-state index in [9.17, 15) is 0 Å². The first-order chi connectivity index (χ1) is 13.2. The van der Waals surface area contributed by atoms with E-state index in [2.05, 4.69) is 35.9 Å². The highest BCUT2D eigenvalue weighted by Crippen LogP contribution is 2.29. The maximum absolute atomic E-state index is 5.96. The van der Waals surface area contributed by atoms with Crippen LogP contribution in [0.3, 0.4) is 0 Å². The Labute approximate surface area is 152 Å². The Morgan fingerprint density at radius 3 is 2.70 bits per heavy atom. The zero-order valence-electron chi connectivity index (χ0n) is 14.5. The van der Waals surface area contributed by atoms with Gasteiger partial charge in [-0.3, -0.25) is 5.10 Å². The number of rotatable bonds is 4. The molecule has 0 bridgehead atoms. The normalized spacial score (nSPS) is 11.5. The minimum atomic E-state index is 0.241. The van der Waals surface area contributed by atoms with E-state index in [0.717, 1.165) is 22.2 Å². The second kappa shape index (κ2) is 5.87. The molecule has 0 unspecified atom stereocenters. The Morgan fingerprint density at radius 2 is 1.96 bits per heavy atom. The second-order valence-electron chi connectivity index (χ2n) is 6.10. The summed E-state index contributed by atoms with van der Waals surface area (Å²) in [5.74, 6) is 1.61. The van der Waals surface area contributed by atoms with Gasteiger partial charge in [-0.2, -0.15) is 4.52 Å². The van der Waals surface area contributed by atoms with Crippen molar-refractivity contribution in [2.24, 2.45) is 0 Å². The molecule has 27 heavy (non-hydrogen) atoms. The molecule has 0 radical (unpaired) electrons. The molecule has 0 saturated heterocycles. The van der Waals surface area contributed by atoms with Gasteiger partial charge in [0.1, 0.15) is 18.1 Å². The summed E-state index contributed by atoms with van der Waals surface area (Å²) in [6.07, 6.45) is 0. The monoisotopic (exact) mass is 362 g/mol. The van der Waals surface area contributed by atoms with Crippen LogP contribution >= 0.6 is 0 Å². The van der Waals surface area contributed by atoms with Crippen molar-refractivity contribution in [2.75, 3.05) is 0 Å². The van der Waals surface area contributed by atoms with Crippen molar-refractivity contribution < 1.29 is 9.26 Å². The van der Waals surface area contributed by atoms with E-state index in [-0.39, 0.29) is 6.61 Å². The first kappa shape index (κ1) is 15.4. The molecule has 1 N–H and O–H groups in total. The summed E-state index contributed by atoms with van der Waals surface area (Å²) >= 11 is 0. The molecule has 0 aliphatic rings. The number of benzene rings is 1. The van der Waals surface area contributed by atoms with Crippen LogP contribution in [0.15, 0.2) is 34.9 Å². The van der Waals surface area contributed by atoms with Crippen LogP contribution in [0.4, 0.5) is 0 Å². The van der Waals surface area contributed by atoms with E-state index >= 15 is 0 Å². The zero-order chi connectivity index (χ0) is 18.4. The molecule has 0 amide bonds. The van der Waals surface area contributed by atoms with E-state index in [1.54, 1.807) is 10.6 Å². The Hall–Kier alpha value is -3.82. The van der Waals surface area contributed by atoms with Gasteiger partial charge in [0.2, 0.25) is 11.7 Å². The smallest absolute Gasteiger partial charge is 0.240 e. The van der Waals surface area contributed by atoms with Crippen LogP contribution in [-0.4, -0.2) is 40.4 Å². The van der Waals surface area contributed by atoms with Crippen molar-refractivity contribution in [3.63, 3.8) is 0 Å². The number of fused-ring (bicyclic) bond motifs is 3. The van der Waals surface area contributed by atoms with Gasteiger partial charge in [-0.25, -0.2) is 0 Å². The summed E-state index contributed by atoms with van der Waals surface area (Å²) in [7, 11) is 0. The first-order valence-electron chi connectivity index (χ1n) is 8.28. The first-order valence-corrected chi connectivity index (χ1v) is 8.28. The molecule has 0 aliphatic carbocycles. The number of hydrogen-bond acceptors (Lipinski definition) is 8. The Kier molecular flexibility index (Phi) is 3.35. The summed E-state index contributed by atoms with van der Waals surface area (Å²) in [6, 6.07) is 9.52. The topological polar surface area (TPSA) is 120 Å². The predicted molar refractivity (Wildman–Crippen MR) is 94.0 cm³/mol. The predicted octanol–water partition coefficient (Wildman–Crippen LogP) is 2.25. The summed E-state index contributed by atoms with van der Waals surface area (Å²) < 4.78 is 12.7. The van der Waals surface area contributed by atoms with Gasteiger partial charge in [0.15, 0.2) is 11.3 Å². The van der Waals surface area contributed by atoms with Crippen molar-refractivity contribution in [3.05, 3.63) is 47.5 Å². The van der Waals surface area contributed by atoms with Crippen LogP contribution in [-0.2, 0) is 6.61 Å². The molecule has 0 saturated carbocycles. The van der Waals surface area contributed by atoms with Crippen molar-refractivity contribution in [1.29, 1.82) is 0 Å². The minimum absolute atomic E-state index is 0.241. The van der Waals surface area contributed by atoms with Gasteiger partial charge in [0.05, 0.1) is 5.69 Å². The van der Waals surface area contributed by atoms with Gasteiger partial charge in [0.25, 0.3) is 0 Å². The summed E-state index contributed by atoms with van der Waals surface area (Å²) in [6.45, 7) is 3.95. The third kappa shape index (κ3) is 2.49. The molecular formula is C17H14N8O2. The van der Waals surface area contributed by atoms with E-state index in [1.165, 1.54) is 0 Å². The molecule has 134 valence electrons. The number of nitrogens with one attached hydrogen (secondary N) is 1. The zero-order valence-corrected chi connectivity index (χ0v) is 14.5. The molecule has 4 heterocycles. The molecule has 10 nitrogen and oxygen atoms in total. The lowest BCUT2D eigenvalue weighted by Crippen LogP contribution is -2.04. The second-order valence-corrected chi connectivity index (χ2v) is 6.10. The van der Waals surface area contributed by atoms with Crippen molar-refractivity contribution in [1.82, 2.24) is 40.4 Å². The number of nitrogens with zero attached hydrogens (tertiary/aromatic N) is 7. The molecule has 5 aromatic rings. The largest absolute Gasteiger partial charge is 0.470 e. The molecule has 0 aliphatic heterocycles. The molecule has 0 spiro atoms. The number of ether oxygens (including phenoxy) is 1. The Morgan fingerprint density at radius 1 is 1.11 bits per heavy atom. The molecular weight excluding hydrogens is 348 g/mol. The maximum atomic E-state index is 5.96. The highest BCUT2D eigenvalue weighted by molar-refractivity contribution is 5.96. The standard InChI is InChI=1S/C17H14N8O2/c1-9-7-13(23-27-9)16-21-20-15-11-5-3-4-6-12(11)17(22-25(15)16)26-8-14-10(2)18-24-19-14/h3-7H,8H2,1-2H3,(H,18,19,24). The number of aryl methyl sites for hydroxylation is 2. The highest BCUT2D eigenvalue weighted by Gasteiger charge is 2.18. The van der Waals surface area contributed by atoms with Crippen LogP contribution in [0.2, 0.25) is 0 Å². The summed E-state index contributed by atoms with van der Waals surface area (Å²) in [5.41, 5.74) is 2.74. The molecule has 4 aromatic heterocycles. The minimum Gasteiger partial charge on any atom is -0.470 e. The average molecular weight is 362 g/mol. The van der Waals surface area contributed by atoms with Crippen LogP contribution < -0.4 is 4.74 Å². The number of aromatic amines is 1. The van der Waals surface area contributed by atoms with Crippen LogP contribution in [0.1, 0.15) is 17.1 Å². The fourth-order valence-corrected chi connectivity index (χ4v) is 2.86. The molecule has 0 atom stereocenters. The van der Waals surface area contributed by atoms with Crippen molar-refractivity contribution in [2.45, 2.75) is 20.5 Å². The van der Waals surface area contributed by atoms with Crippen LogP contribution in [0.5, 0.6) is 5.88 Å². The lowest BCUT2D eigenvalue weighted by atomic mass is 10.2. The summed E-state index contributed by atoms with van der Waals surface area (Å²) in [4.78, 5) is 0.